The van der Waals surface area contributed by atoms with E-state index in [0.29, 0.717) is 13.2 Å². The van der Waals surface area contributed by atoms with Crippen molar-refractivity contribution in [1.29, 1.82) is 0 Å². The van der Waals surface area contributed by atoms with Gasteiger partial charge < -0.3 is 14.8 Å². The molecule has 1 aliphatic heterocycles. The topological polar surface area (TPSA) is 56.3 Å². The number of para-hydroxylation sites is 2. The second kappa shape index (κ2) is 8.43. The maximum Gasteiger partial charge on any atom is 0.161 e. The van der Waals surface area contributed by atoms with E-state index in [0.717, 1.165) is 47.2 Å². The number of hydrogen-bond acceptors (Lipinski definition) is 6. The summed E-state index contributed by atoms with van der Waals surface area (Å²) in [4.78, 5) is 12.5. The lowest BCUT2D eigenvalue weighted by Gasteiger charge is -2.26. The van der Waals surface area contributed by atoms with E-state index in [1.54, 1.807) is 0 Å². The first-order valence-electron chi connectivity index (χ1n) is 11.3. The monoisotopic (exact) mass is 443 g/mol. The Bertz CT molecular complexity index is 1250. The van der Waals surface area contributed by atoms with Crippen molar-refractivity contribution >= 4 is 27.4 Å². The van der Waals surface area contributed by atoms with Gasteiger partial charge in [0.05, 0.1) is 11.9 Å². The molecule has 6 heteroatoms. The van der Waals surface area contributed by atoms with Crippen LogP contribution in [0.25, 0.3) is 10.2 Å². The molecule has 2 aliphatic rings. The van der Waals surface area contributed by atoms with E-state index in [1.807, 2.05) is 41.7 Å². The highest BCUT2D eigenvalue weighted by atomic mass is 32.1. The van der Waals surface area contributed by atoms with E-state index >= 15 is 0 Å². The lowest BCUT2D eigenvalue weighted by Crippen LogP contribution is -2.35. The van der Waals surface area contributed by atoms with E-state index in [9.17, 15) is 0 Å². The van der Waals surface area contributed by atoms with Crippen molar-refractivity contribution < 1.29 is 9.47 Å². The Balaban J connectivity index is 1.31. The molecule has 5 nitrogen and oxygen atoms in total. The van der Waals surface area contributed by atoms with Crippen LogP contribution in [0.1, 0.15) is 34.7 Å². The Morgan fingerprint density at radius 1 is 0.938 bits per heavy atom. The average molecular weight is 444 g/mol. The number of fused-ring (bicyclic) bond motifs is 4. The maximum atomic E-state index is 6.16. The molecule has 0 saturated heterocycles. The van der Waals surface area contributed by atoms with E-state index in [-0.39, 0.29) is 6.10 Å². The minimum atomic E-state index is -0.0676. The first kappa shape index (κ1) is 19.6. The third-order valence-electron chi connectivity index (χ3n) is 6.13. The first-order chi connectivity index (χ1) is 15.8. The summed E-state index contributed by atoms with van der Waals surface area (Å²) in [7, 11) is 0. The molecule has 2 aromatic heterocycles. The number of thiophene rings is 1. The zero-order valence-electron chi connectivity index (χ0n) is 17.8. The molecule has 0 saturated carbocycles. The molecule has 1 N–H and O–H groups in total. The third-order valence-corrected chi connectivity index (χ3v) is 7.32. The number of aromatic nitrogens is 2. The van der Waals surface area contributed by atoms with E-state index in [4.69, 9.17) is 19.4 Å². The summed E-state index contributed by atoms with van der Waals surface area (Å²) in [5, 5.41) is 4.81. The summed E-state index contributed by atoms with van der Waals surface area (Å²) in [5.41, 5.74) is 2.66. The van der Waals surface area contributed by atoms with Gasteiger partial charge in [-0.05, 0) is 48.9 Å². The summed E-state index contributed by atoms with van der Waals surface area (Å²) >= 11 is 1.84. The van der Waals surface area contributed by atoms with Crippen molar-refractivity contribution in [1.82, 2.24) is 9.97 Å². The summed E-state index contributed by atoms with van der Waals surface area (Å²) in [6.45, 7) is 1.16. The molecule has 1 aliphatic carbocycles. The standard InChI is InChI=1S/C26H25N3O2S/c1-2-8-17(9-3-1)14-23-28-25(24-19-10-4-7-13-22(19)32-26(24)29-23)27-15-18-16-30-20-11-5-6-12-21(20)31-18/h1-3,5-6,8-9,11-12,18H,4,7,10,13-16H2,(H,27,28,29). The van der Waals surface area contributed by atoms with Crippen molar-refractivity contribution in [3.63, 3.8) is 0 Å². The molecule has 6 rings (SSSR count). The van der Waals surface area contributed by atoms with Crippen LogP contribution in [0.3, 0.4) is 0 Å². The Morgan fingerprint density at radius 2 is 1.75 bits per heavy atom. The number of aryl methyl sites for hydroxylation is 2. The molecule has 1 atom stereocenters. The van der Waals surface area contributed by atoms with Crippen LogP contribution in [0.15, 0.2) is 54.6 Å². The molecule has 32 heavy (non-hydrogen) atoms. The first-order valence-corrected chi connectivity index (χ1v) is 12.1. The summed E-state index contributed by atoms with van der Waals surface area (Å²) in [5.74, 6) is 3.40. The minimum Gasteiger partial charge on any atom is -0.486 e. The fourth-order valence-electron chi connectivity index (χ4n) is 4.56. The van der Waals surface area contributed by atoms with E-state index in [1.165, 1.54) is 34.2 Å². The second-order valence-electron chi connectivity index (χ2n) is 8.42. The molecule has 0 spiro atoms. The molecule has 0 bridgehead atoms. The molecule has 0 radical (unpaired) electrons. The largest absolute Gasteiger partial charge is 0.486 e. The Kier molecular flexibility index (Phi) is 5.15. The van der Waals surface area contributed by atoms with Gasteiger partial charge in [0.15, 0.2) is 11.5 Å². The van der Waals surface area contributed by atoms with Gasteiger partial charge in [0.25, 0.3) is 0 Å². The predicted molar refractivity (Wildman–Crippen MR) is 128 cm³/mol. The van der Waals surface area contributed by atoms with Gasteiger partial charge in [0.1, 0.15) is 29.2 Å². The fourth-order valence-corrected chi connectivity index (χ4v) is 5.84. The number of rotatable bonds is 5. The van der Waals surface area contributed by atoms with Gasteiger partial charge in [0.2, 0.25) is 0 Å². The number of nitrogens with one attached hydrogen (secondary N) is 1. The van der Waals surface area contributed by atoms with Gasteiger partial charge in [-0.3, -0.25) is 0 Å². The SMILES string of the molecule is c1ccc(Cc2nc(NCC3COc4ccccc4O3)c3c4c(sc3n2)CCCC4)cc1. The van der Waals surface area contributed by atoms with Crippen molar-refractivity contribution in [2.45, 2.75) is 38.2 Å². The van der Waals surface area contributed by atoms with Crippen LogP contribution in [-0.4, -0.2) is 29.2 Å². The number of ether oxygens (including phenoxy) is 2. The second-order valence-corrected chi connectivity index (χ2v) is 9.50. The van der Waals surface area contributed by atoms with Gasteiger partial charge in [-0.15, -0.1) is 11.3 Å². The van der Waals surface area contributed by atoms with Crippen molar-refractivity contribution in [2.75, 3.05) is 18.5 Å². The van der Waals surface area contributed by atoms with Crippen LogP contribution in [0, 0.1) is 0 Å². The predicted octanol–water partition coefficient (Wildman–Crippen LogP) is 5.41. The number of anilines is 1. The van der Waals surface area contributed by atoms with Crippen molar-refractivity contribution in [2.24, 2.45) is 0 Å². The molecule has 0 fully saturated rings. The molecule has 3 heterocycles. The van der Waals surface area contributed by atoms with Crippen molar-refractivity contribution in [3.05, 3.63) is 76.4 Å². The fraction of sp³-hybridized carbons (Fsp3) is 0.308. The maximum absolute atomic E-state index is 6.16. The van der Waals surface area contributed by atoms with Gasteiger partial charge in [-0.1, -0.05) is 42.5 Å². The summed E-state index contributed by atoms with van der Waals surface area (Å²) in [6.07, 6.45) is 5.42. The zero-order chi connectivity index (χ0) is 21.3. The van der Waals surface area contributed by atoms with Crippen LogP contribution in [-0.2, 0) is 19.3 Å². The summed E-state index contributed by atoms with van der Waals surface area (Å²) < 4.78 is 12.1. The van der Waals surface area contributed by atoms with E-state index in [2.05, 4.69) is 29.6 Å². The quantitative estimate of drug-likeness (QED) is 0.447. The lowest BCUT2D eigenvalue weighted by atomic mass is 9.97. The van der Waals surface area contributed by atoms with Gasteiger partial charge >= 0.3 is 0 Å². The Hall–Kier alpha value is -3.12. The molecule has 4 aromatic rings. The van der Waals surface area contributed by atoms with Crippen LogP contribution < -0.4 is 14.8 Å². The smallest absolute Gasteiger partial charge is 0.161 e. The molecule has 0 amide bonds. The van der Waals surface area contributed by atoms with Crippen molar-refractivity contribution in [3.8, 4) is 11.5 Å². The summed E-state index contributed by atoms with van der Waals surface area (Å²) in [6, 6.07) is 18.3. The van der Waals surface area contributed by atoms with E-state index < -0.39 is 0 Å². The third kappa shape index (κ3) is 3.79. The zero-order valence-corrected chi connectivity index (χ0v) is 18.7. The van der Waals surface area contributed by atoms with Crippen LogP contribution >= 0.6 is 11.3 Å². The van der Waals surface area contributed by atoms with Gasteiger partial charge in [-0.25, -0.2) is 9.97 Å². The van der Waals surface area contributed by atoms with Crippen LogP contribution in [0.2, 0.25) is 0 Å². The highest BCUT2D eigenvalue weighted by Gasteiger charge is 2.24. The normalized spacial score (nSPS) is 17.2. The lowest BCUT2D eigenvalue weighted by molar-refractivity contribution is 0.0997. The van der Waals surface area contributed by atoms with Crippen LogP contribution in [0.5, 0.6) is 11.5 Å². The van der Waals surface area contributed by atoms with Gasteiger partial charge in [0, 0.05) is 11.3 Å². The molecule has 1 unspecified atom stereocenters. The molecule has 2 aromatic carbocycles. The van der Waals surface area contributed by atoms with Gasteiger partial charge in [-0.2, -0.15) is 0 Å². The number of hydrogen-bond donors (Lipinski definition) is 1. The number of nitrogens with zero attached hydrogens (tertiary/aromatic N) is 2. The molecular weight excluding hydrogens is 418 g/mol. The molecule has 162 valence electrons. The number of benzene rings is 2. The highest BCUT2D eigenvalue weighted by molar-refractivity contribution is 7.19. The minimum absolute atomic E-state index is 0.0676. The Labute approximate surface area is 191 Å². The van der Waals surface area contributed by atoms with Crippen LogP contribution in [0.4, 0.5) is 5.82 Å². The average Bonchev–Trinajstić information content (AvgIpc) is 3.21. The molecular formula is C26H25N3O2S. The highest BCUT2D eigenvalue weighted by Crippen LogP contribution is 2.39. The Morgan fingerprint density at radius 3 is 2.66 bits per heavy atom.